The van der Waals surface area contributed by atoms with Crippen molar-refractivity contribution in [3.05, 3.63) is 35.9 Å². The molecular weight excluding hydrogens is 224 g/mol. The number of hydrogen-bond acceptors (Lipinski definition) is 2. The summed E-state index contributed by atoms with van der Waals surface area (Å²) in [6.07, 6.45) is 1.84. The number of benzene rings is 1. The molecule has 1 aromatic carbocycles. The van der Waals surface area contributed by atoms with Crippen molar-refractivity contribution >= 4 is 5.91 Å². The summed E-state index contributed by atoms with van der Waals surface area (Å²) in [5.74, 6) is 0.860. The second-order valence-electron chi connectivity index (χ2n) is 5.24. The topological polar surface area (TPSA) is 23.6 Å². The molecule has 18 heavy (non-hydrogen) atoms. The molecule has 0 bridgehead atoms. The third kappa shape index (κ3) is 3.33. The molecule has 1 heterocycles. The molecule has 0 saturated carbocycles. The Balaban J connectivity index is 1.80. The minimum absolute atomic E-state index is 0.221. The van der Waals surface area contributed by atoms with E-state index in [-0.39, 0.29) is 5.91 Å². The summed E-state index contributed by atoms with van der Waals surface area (Å²) < 4.78 is 0. The Morgan fingerprint density at radius 1 is 1.33 bits per heavy atom. The maximum absolute atomic E-state index is 11.6. The molecule has 1 aromatic rings. The summed E-state index contributed by atoms with van der Waals surface area (Å²) in [6, 6.07) is 10.7. The zero-order valence-corrected chi connectivity index (χ0v) is 11.3. The minimum atomic E-state index is 0.221. The second-order valence-corrected chi connectivity index (χ2v) is 5.24. The van der Waals surface area contributed by atoms with Gasteiger partial charge in [-0.25, -0.2) is 0 Å². The van der Waals surface area contributed by atoms with Gasteiger partial charge in [-0.2, -0.15) is 0 Å². The van der Waals surface area contributed by atoms with Crippen molar-refractivity contribution in [3.8, 4) is 0 Å². The van der Waals surface area contributed by atoms with Gasteiger partial charge in [0.2, 0.25) is 5.91 Å². The standard InChI is InChI=1S/C15H22N2O/c1-16(2)15(18)9-11-17-10-8-14(12-17)13-6-4-3-5-7-13/h3-7,14H,8-12H2,1-2H3. The number of carbonyl (C=O) groups excluding carboxylic acids is 1. The molecule has 0 spiro atoms. The lowest BCUT2D eigenvalue weighted by atomic mass is 9.99. The molecule has 0 radical (unpaired) electrons. The fraction of sp³-hybridized carbons (Fsp3) is 0.533. The zero-order valence-electron chi connectivity index (χ0n) is 11.3. The van der Waals surface area contributed by atoms with Crippen LogP contribution in [-0.4, -0.2) is 49.4 Å². The Labute approximate surface area is 109 Å². The normalized spacial score (nSPS) is 20.0. The van der Waals surface area contributed by atoms with Crippen LogP contribution in [0.4, 0.5) is 0 Å². The summed E-state index contributed by atoms with van der Waals surface area (Å²) in [5, 5.41) is 0. The van der Waals surface area contributed by atoms with E-state index in [1.807, 2.05) is 14.1 Å². The van der Waals surface area contributed by atoms with Crippen molar-refractivity contribution in [2.45, 2.75) is 18.8 Å². The highest BCUT2D eigenvalue weighted by atomic mass is 16.2. The minimum Gasteiger partial charge on any atom is -0.349 e. The molecule has 1 unspecified atom stereocenters. The largest absolute Gasteiger partial charge is 0.349 e. The van der Waals surface area contributed by atoms with E-state index in [9.17, 15) is 4.79 Å². The van der Waals surface area contributed by atoms with E-state index in [2.05, 4.69) is 35.2 Å². The van der Waals surface area contributed by atoms with Gasteiger partial charge in [0.25, 0.3) is 0 Å². The first-order valence-corrected chi connectivity index (χ1v) is 6.64. The van der Waals surface area contributed by atoms with E-state index in [0.717, 1.165) is 19.6 Å². The third-order valence-corrected chi connectivity index (χ3v) is 3.68. The van der Waals surface area contributed by atoms with Gasteiger partial charge in [-0.1, -0.05) is 30.3 Å². The molecule has 3 nitrogen and oxygen atoms in total. The molecule has 1 fully saturated rings. The van der Waals surface area contributed by atoms with Gasteiger partial charge in [-0.05, 0) is 24.4 Å². The quantitative estimate of drug-likeness (QED) is 0.811. The van der Waals surface area contributed by atoms with Crippen molar-refractivity contribution in [2.75, 3.05) is 33.7 Å². The van der Waals surface area contributed by atoms with E-state index in [4.69, 9.17) is 0 Å². The van der Waals surface area contributed by atoms with E-state index in [0.29, 0.717) is 12.3 Å². The highest BCUT2D eigenvalue weighted by Gasteiger charge is 2.23. The maximum Gasteiger partial charge on any atom is 0.223 e. The Morgan fingerprint density at radius 3 is 2.72 bits per heavy atom. The first-order valence-electron chi connectivity index (χ1n) is 6.64. The monoisotopic (exact) mass is 246 g/mol. The van der Waals surface area contributed by atoms with Crippen LogP contribution >= 0.6 is 0 Å². The highest BCUT2D eigenvalue weighted by molar-refractivity contribution is 5.75. The van der Waals surface area contributed by atoms with Crippen LogP contribution in [0.5, 0.6) is 0 Å². The van der Waals surface area contributed by atoms with Crippen molar-refractivity contribution in [1.82, 2.24) is 9.80 Å². The summed E-state index contributed by atoms with van der Waals surface area (Å²) in [7, 11) is 3.64. The van der Waals surface area contributed by atoms with Crippen LogP contribution in [0.1, 0.15) is 24.3 Å². The van der Waals surface area contributed by atoms with Gasteiger partial charge < -0.3 is 9.80 Å². The van der Waals surface area contributed by atoms with E-state index in [1.54, 1.807) is 4.90 Å². The fourth-order valence-corrected chi connectivity index (χ4v) is 2.51. The van der Waals surface area contributed by atoms with Crippen LogP contribution in [0.3, 0.4) is 0 Å². The van der Waals surface area contributed by atoms with Crippen LogP contribution in [0.25, 0.3) is 0 Å². The van der Waals surface area contributed by atoms with Crippen LogP contribution in [-0.2, 0) is 4.79 Å². The molecule has 0 aromatic heterocycles. The predicted molar refractivity (Wildman–Crippen MR) is 73.6 cm³/mol. The lowest BCUT2D eigenvalue weighted by Crippen LogP contribution is -2.29. The molecule has 3 heteroatoms. The summed E-state index contributed by atoms with van der Waals surface area (Å²) in [5.41, 5.74) is 1.43. The van der Waals surface area contributed by atoms with Gasteiger partial charge in [0.05, 0.1) is 0 Å². The summed E-state index contributed by atoms with van der Waals surface area (Å²) in [6.45, 7) is 3.09. The fourth-order valence-electron chi connectivity index (χ4n) is 2.51. The SMILES string of the molecule is CN(C)C(=O)CCN1CCC(c2ccccc2)C1. The number of likely N-dealkylation sites (tertiary alicyclic amines) is 1. The highest BCUT2D eigenvalue weighted by Crippen LogP contribution is 2.26. The first kappa shape index (κ1) is 13.1. The van der Waals surface area contributed by atoms with Crippen LogP contribution in [0.2, 0.25) is 0 Å². The van der Waals surface area contributed by atoms with Crippen molar-refractivity contribution < 1.29 is 4.79 Å². The molecule has 0 aliphatic carbocycles. The van der Waals surface area contributed by atoms with Gasteiger partial charge in [0.1, 0.15) is 0 Å². The smallest absolute Gasteiger partial charge is 0.223 e. The molecule has 1 amide bonds. The lowest BCUT2D eigenvalue weighted by molar-refractivity contribution is -0.128. The van der Waals surface area contributed by atoms with Crippen LogP contribution < -0.4 is 0 Å². The summed E-state index contributed by atoms with van der Waals surface area (Å²) >= 11 is 0. The van der Waals surface area contributed by atoms with Gasteiger partial charge in [0.15, 0.2) is 0 Å². The molecule has 1 atom stereocenters. The molecule has 0 N–H and O–H groups in total. The third-order valence-electron chi connectivity index (χ3n) is 3.68. The number of hydrogen-bond donors (Lipinski definition) is 0. The molecule has 1 saturated heterocycles. The molecule has 1 aliphatic rings. The zero-order chi connectivity index (χ0) is 13.0. The number of nitrogens with zero attached hydrogens (tertiary/aromatic N) is 2. The van der Waals surface area contributed by atoms with Gasteiger partial charge in [0, 0.05) is 33.6 Å². The molecule has 2 rings (SSSR count). The number of amides is 1. The molecule has 1 aliphatic heterocycles. The van der Waals surface area contributed by atoms with E-state index >= 15 is 0 Å². The van der Waals surface area contributed by atoms with Gasteiger partial charge in [-0.3, -0.25) is 4.79 Å². The lowest BCUT2D eigenvalue weighted by Gasteiger charge is -2.17. The second kappa shape index (κ2) is 6.01. The van der Waals surface area contributed by atoms with Crippen molar-refractivity contribution in [2.24, 2.45) is 0 Å². The first-order chi connectivity index (χ1) is 8.66. The Kier molecular flexibility index (Phi) is 4.37. The van der Waals surface area contributed by atoms with Crippen molar-refractivity contribution in [3.63, 3.8) is 0 Å². The Hall–Kier alpha value is -1.35. The number of rotatable bonds is 4. The predicted octanol–water partition coefficient (Wildman–Crippen LogP) is 1.95. The van der Waals surface area contributed by atoms with Gasteiger partial charge >= 0.3 is 0 Å². The van der Waals surface area contributed by atoms with Gasteiger partial charge in [-0.15, -0.1) is 0 Å². The number of carbonyl (C=O) groups is 1. The Morgan fingerprint density at radius 2 is 2.06 bits per heavy atom. The van der Waals surface area contributed by atoms with E-state index < -0.39 is 0 Å². The van der Waals surface area contributed by atoms with Crippen LogP contribution in [0, 0.1) is 0 Å². The van der Waals surface area contributed by atoms with E-state index in [1.165, 1.54) is 12.0 Å². The average Bonchev–Trinajstić information content (AvgIpc) is 2.85. The molecular formula is C15H22N2O. The van der Waals surface area contributed by atoms with Crippen LogP contribution in [0.15, 0.2) is 30.3 Å². The molecule has 98 valence electrons. The average molecular weight is 246 g/mol. The van der Waals surface area contributed by atoms with Crippen molar-refractivity contribution in [1.29, 1.82) is 0 Å². The Bertz CT molecular complexity index is 389. The maximum atomic E-state index is 11.6. The summed E-state index contributed by atoms with van der Waals surface area (Å²) in [4.78, 5) is 15.6.